The van der Waals surface area contributed by atoms with Gasteiger partial charge in [0.25, 0.3) is 0 Å². The molecule has 104 valence electrons. The van der Waals surface area contributed by atoms with Crippen LogP contribution in [0.3, 0.4) is 0 Å². The fraction of sp³-hybridized carbons (Fsp3) is 0.533. The molecule has 1 aromatic rings. The minimum absolute atomic E-state index is 0.332. The minimum Gasteiger partial charge on any atom is -0.410 e. The van der Waals surface area contributed by atoms with Gasteiger partial charge in [-0.3, -0.25) is 0 Å². The molecule has 1 aliphatic heterocycles. The minimum atomic E-state index is -0.333. The standard InChI is InChI=1S/C15H20FNO2/c1-2-3-12-8-10-17(11-9-12)15(18)19-14-6-4-13(16)5-7-14/h4-7,12H,2-3,8-11H2,1H3. The molecule has 0 aromatic heterocycles. The first kappa shape index (κ1) is 13.8. The van der Waals surface area contributed by atoms with Crippen molar-refractivity contribution in [1.29, 1.82) is 0 Å². The van der Waals surface area contributed by atoms with Crippen molar-refractivity contribution in [2.24, 2.45) is 5.92 Å². The van der Waals surface area contributed by atoms with Gasteiger partial charge in [0.1, 0.15) is 11.6 Å². The molecule has 0 N–H and O–H groups in total. The molecule has 19 heavy (non-hydrogen) atoms. The molecule has 3 nitrogen and oxygen atoms in total. The maximum atomic E-state index is 12.7. The third-order valence-electron chi connectivity index (χ3n) is 3.59. The quantitative estimate of drug-likeness (QED) is 0.831. The predicted octanol–water partition coefficient (Wildman–Crippen LogP) is 3.84. The highest BCUT2D eigenvalue weighted by Gasteiger charge is 2.23. The summed E-state index contributed by atoms with van der Waals surface area (Å²) in [4.78, 5) is 13.7. The summed E-state index contributed by atoms with van der Waals surface area (Å²) in [7, 11) is 0. The van der Waals surface area contributed by atoms with Gasteiger partial charge in [-0.15, -0.1) is 0 Å². The molecule has 0 aliphatic carbocycles. The molecule has 1 aromatic carbocycles. The third-order valence-corrected chi connectivity index (χ3v) is 3.59. The highest BCUT2D eigenvalue weighted by Crippen LogP contribution is 2.22. The molecule has 1 fully saturated rings. The Morgan fingerprint density at radius 1 is 1.32 bits per heavy atom. The number of hydrogen-bond acceptors (Lipinski definition) is 2. The molecule has 1 heterocycles. The Hall–Kier alpha value is -1.58. The number of amides is 1. The van der Waals surface area contributed by atoms with Crippen molar-refractivity contribution in [3.8, 4) is 5.75 Å². The van der Waals surface area contributed by atoms with E-state index in [1.54, 1.807) is 4.90 Å². The molecule has 2 rings (SSSR count). The van der Waals surface area contributed by atoms with Gasteiger partial charge in [-0.2, -0.15) is 0 Å². The Balaban J connectivity index is 1.83. The first-order valence-electron chi connectivity index (χ1n) is 6.91. The molecule has 0 bridgehead atoms. The van der Waals surface area contributed by atoms with Gasteiger partial charge in [-0.1, -0.05) is 19.8 Å². The van der Waals surface area contributed by atoms with Crippen LogP contribution in [0.1, 0.15) is 32.6 Å². The fourth-order valence-corrected chi connectivity index (χ4v) is 2.48. The van der Waals surface area contributed by atoms with Crippen LogP contribution in [0.2, 0.25) is 0 Å². The van der Waals surface area contributed by atoms with Crippen LogP contribution >= 0.6 is 0 Å². The molecule has 4 heteroatoms. The van der Waals surface area contributed by atoms with Crippen molar-refractivity contribution in [1.82, 2.24) is 4.90 Å². The normalized spacial score (nSPS) is 16.4. The van der Waals surface area contributed by atoms with E-state index in [1.807, 2.05) is 0 Å². The second-order valence-corrected chi connectivity index (χ2v) is 5.04. The van der Waals surface area contributed by atoms with Crippen LogP contribution in [0.5, 0.6) is 5.75 Å². The van der Waals surface area contributed by atoms with E-state index in [2.05, 4.69) is 6.92 Å². The van der Waals surface area contributed by atoms with Crippen LogP contribution < -0.4 is 4.74 Å². The van der Waals surface area contributed by atoms with Crippen molar-refractivity contribution in [3.05, 3.63) is 30.1 Å². The average Bonchev–Trinajstić information content (AvgIpc) is 2.42. The number of rotatable bonds is 3. The summed E-state index contributed by atoms with van der Waals surface area (Å²) in [5.41, 5.74) is 0. The maximum absolute atomic E-state index is 12.7. The number of halogens is 1. The van der Waals surface area contributed by atoms with Crippen molar-refractivity contribution < 1.29 is 13.9 Å². The number of benzene rings is 1. The van der Waals surface area contributed by atoms with E-state index >= 15 is 0 Å². The average molecular weight is 265 g/mol. The van der Waals surface area contributed by atoms with Crippen molar-refractivity contribution in [2.45, 2.75) is 32.6 Å². The molecule has 1 saturated heterocycles. The summed E-state index contributed by atoms with van der Waals surface area (Å²) < 4.78 is 18.0. The van der Waals surface area contributed by atoms with Crippen LogP contribution in [-0.4, -0.2) is 24.1 Å². The van der Waals surface area contributed by atoms with Crippen LogP contribution in [0.25, 0.3) is 0 Å². The highest BCUT2D eigenvalue weighted by molar-refractivity contribution is 5.70. The third kappa shape index (κ3) is 3.94. The van der Waals surface area contributed by atoms with Crippen molar-refractivity contribution in [3.63, 3.8) is 0 Å². The fourth-order valence-electron chi connectivity index (χ4n) is 2.48. The first-order chi connectivity index (χ1) is 9.19. The number of hydrogen-bond donors (Lipinski definition) is 0. The van der Waals surface area contributed by atoms with Gasteiger partial charge < -0.3 is 9.64 Å². The summed E-state index contributed by atoms with van der Waals surface area (Å²) in [6.45, 7) is 3.70. The van der Waals surface area contributed by atoms with Gasteiger partial charge in [-0.25, -0.2) is 9.18 Å². The Kier molecular flexibility index (Phi) is 4.77. The van der Waals surface area contributed by atoms with Gasteiger partial charge in [-0.05, 0) is 43.0 Å². The van der Waals surface area contributed by atoms with E-state index < -0.39 is 0 Å². The Morgan fingerprint density at radius 3 is 2.53 bits per heavy atom. The van der Waals surface area contributed by atoms with E-state index in [0.29, 0.717) is 5.75 Å². The van der Waals surface area contributed by atoms with Gasteiger partial charge in [0.2, 0.25) is 0 Å². The molecule has 0 spiro atoms. The Labute approximate surface area is 113 Å². The van der Waals surface area contributed by atoms with E-state index in [0.717, 1.165) is 31.8 Å². The van der Waals surface area contributed by atoms with Crippen LogP contribution in [0.15, 0.2) is 24.3 Å². The zero-order valence-corrected chi connectivity index (χ0v) is 11.3. The zero-order chi connectivity index (χ0) is 13.7. The summed E-state index contributed by atoms with van der Waals surface area (Å²) in [5, 5.41) is 0. The van der Waals surface area contributed by atoms with Crippen LogP contribution in [0, 0.1) is 11.7 Å². The number of piperidine rings is 1. The van der Waals surface area contributed by atoms with E-state index in [9.17, 15) is 9.18 Å². The highest BCUT2D eigenvalue weighted by atomic mass is 19.1. The van der Waals surface area contributed by atoms with E-state index in [-0.39, 0.29) is 11.9 Å². The Bertz CT molecular complexity index is 411. The zero-order valence-electron chi connectivity index (χ0n) is 11.3. The maximum Gasteiger partial charge on any atom is 0.415 e. The van der Waals surface area contributed by atoms with Crippen LogP contribution in [0.4, 0.5) is 9.18 Å². The largest absolute Gasteiger partial charge is 0.415 e. The molecule has 1 aliphatic rings. The number of carbonyl (C=O) groups is 1. The van der Waals surface area contributed by atoms with Gasteiger partial charge >= 0.3 is 6.09 Å². The lowest BCUT2D eigenvalue weighted by Gasteiger charge is -2.31. The number of nitrogens with zero attached hydrogens (tertiary/aromatic N) is 1. The summed E-state index contributed by atoms with van der Waals surface area (Å²) in [6, 6.07) is 5.51. The molecular weight excluding hydrogens is 245 g/mol. The smallest absolute Gasteiger partial charge is 0.410 e. The number of carbonyl (C=O) groups excluding carboxylic acids is 1. The van der Waals surface area contributed by atoms with Gasteiger partial charge in [0, 0.05) is 13.1 Å². The first-order valence-corrected chi connectivity index (χ1v) is 6.91. The number of ether oxygens (including phenoxy) is 1. The van der Waals surface area contributed by atoms with Gasteiger partial charge in [0.05, 0.1) is 0 Å². The lowest BCUT2D eigenvalue weighted by molar-refractivity contribution is 0.129. The monoisotopic (exact) mass is 265 g/mol. The molecule has 0 atom stereocenters. The lowest BCUT2D eigenvalue weighted by atomic mass is 9.93. The molecule has 1 amide bonds. The SMILES string of the molecule is CCCC1CCN(C(=O)Oc2ccc(F)cc2)CC1. The molecule has 0 saturated carbocycles. The topological polar surface area (TPSA) is 29.5 Å². The predicted molar refractivity (Wildman–Crippen MR) is 71.6 cm³/mol. The molecular formula is C15H20FNO2. The van der Waals surface area contributed by atoms with E-state index in [1.165, 1.54) is 37.1 Å². The molecule has 0 radical (unpaired) electrons. The van der Waals surface area contributed by atoms with Crippen molar-refractivity contribution >= 4 is 6.09 Å². The van der Waals surface area contributed by atoms with Gasteiger partial charge in [0.15, 0.2) is 0 Å². The van der Waals surface area contributed by atoms with Crippen LogP contribution in [-0.2, 0) is 0 Å². The second kappa shape index (κ2) is 6.55. The Morgan fingerprint density at radius 2 is 1.95 bits per heavy atom. The second-order valence-electron chi connectivity index (χ2n) is 5.04. The molecule has 0 unspecified atom stereocenters. The summed E-state index contributed by atoms with van der Waals surface area (Å²) in [5.74, 6) is 0.794. The summed E-state index contributed by atoms with van der Waals surface area (Å²) in [6.07, 6.45) is 4.20. The summed E-state index contributed by atoms with van der Waals surface area (Å²) >= 11 is 0. The van der Waals surface area contributed by atoms with Crippen molar-refractivity contribution in [2.75, 3.05) is 13.1 Å². The number of likely N-dealkylation sites (tertiary alicyclic amines) is 1. The van der Waals surface area contributed by atoms with E-state index in [4.69, 9.17) is 4.74 Å². The lowest BCUT2D eigenvalue weighted by Crippen LogP contribution is -2.40.